The van der Waals surface area contributed by atoms with Gasteiger partial charge in [-0.15, -0.1) is 0 Å². The first-order chi connectivity index (χ1) is 11.5. The fourth-order valence-corrected chi connectivity index (χ4v) is 2.19. The molecule has 2 rings (SSSR count). The smallest absolute Gasteiger partial charge is 0.336 e. The maximum Gasteiger partial charge on any atom is 0.336 e. The van der Waals surface area contributed by atoms with Crippen LogP contribution in [0.4, 0.5) is 5.69 Å². The van der Waals surface area contributed by atoms with Gasteiger partial charge in [0.15, 0.2) is 0 Å². The minimum Gasteiger partial charge on any atom is -0.478 e. The predicted molar refractivity (Wildman–Crippen MR) is 84.6 cm³/mol. The van der Waals surface area contributed by atoms with E-state index in [0.29, 0.717) is 0 Å². The summed E-state index contributed by atoms with van der Waals surface area (Å²) in [6.07, 6.45) is -1.20. The first-order valence-corrected chi connectivity index (χ1v) is 6.94. The number of amides is 1. The van der Waals surface area contributed by atoms with E-state index in [2.05, 4.69) is 5.32 Å². The van der Waals surface area contributed by atoms with E-state index in [-0.39, 0.29) is 27.9 Å². The van der Waals surface area contributed by atoms with E-state index in [1.807, 2.05) is 6.07 Å². The highest BCUT2D eigenvalue weighted by Gasteiger charge is 2.17. The predicted octanol–water partition coefficient (Wildman–Crippen LogP) is 1.53. The van der Waals surface area contributed by atoms with E-state index in [4.69, 9.17) is 15.5 Å². The number of aliphatic hydroxyl groups is 2. The summed E-state index contributed by atoms with van der Waals surface area (Å²) in [5.41, 5.74) is 0.459. The summed E-state index contributed by atoms with van der Waals surface area (Å²) < 4.78 is 0. The standard InChI is InChI=1S/C17H14N2O5/c18-8-10-7-11(5-6-12(10)15(21)9-20)19-16(22)13-3-1-2-4-14(13)17(23)24/h1-7,15,20-21H,9H2,(H,19,22)(H,23,24). The Balaban J connectivity index is 2.31. The molecule has 0 aliphatic carbocycles. The van der Waals surface area contributed by atoms with Crippen molar-refractivity contribution in [2.75, 3.05) is 11.9 Å². The molecule has 0 bridgehead atoms. The van der Waals surface area contributed by atoms with Crippen molar-refractivity contribution in [3.8, 4) is 6.07 Å². The van der Waals surface area contributed by atoms with Gasteiger partial charge >= 0.3 is 5.97 Å². The number of nitrogens with zero attached hydrogens (tertiary/aromatic N) is 1. The monoisotopic (exact) mass is 326 g/mol. The summed E-state index contributed by atoms with van der Waals surface area (Å²) in [7, 11) is 0. The Morgan fingerprint density at radius 3 is 2.42 bits per heavy atom. The third-order valence-electron chi connectivity index (χ3n) is 3.37. The molecule has 4 N–H and O–H groups in total. The highest BCUT2D eigenvalue weighted by Crippen LogP contribution is 2.22. The van der Waals surface area contributed by atoms with Crippen LogP contribution >= 0.6 is 0 Å². The van der Waals surface area contributed by atoms with Crippen molar-refractivity contribution in [2.24, 2.45) is 0 Å². The molecule has 122 valence electrons. The zero-order valence-electron chi connectivity index (χ0n) is 12.4. The number of rotatable bonds is 5. The quantitative estimate of drug-likeness (QED) is 0.659. The van der Waals surface area contributed by atoms with E-state index in [1.165, 1.54) is 36.4 Å². The molecule has 0 radical (unpaired) electrons. The Kier molecular flexibility index (Phi) is 5.27. The molecule has 2 aromatic carbocycles. The molecular weight excluding hydrogens is 312 g/mol. The molecule has 0 aromatic heterocycles. The van der Waals surface area contributed by atoms with Crippen LogP contribution in [0.25, 0.3) is 0 Å². The maximum atomic E-state index is 12.3. The van der Waals surface area contributed by atoms with Crippen LogP contribution in [0.3, 0.4) is 0 Å². The highest BCUT2D eigenvalue weighted by atomic mass is 16.4. The lowest BCUT2D eigenvalue weighted by molar-refractivity contribution is 0.0692. The molecule has 0 fully saturated rings. The van der Waals surface area contributed by atoms with Crippen LogP contribution in [0.15, 0.2) is 42.5 Å². The van der Waals surface area contributed by atoms with Gasteiger partial charge in [-0.25, -0.2) is 4.79 Å². The average molecular weight is 326 g/mol. The normalized spacial score (nSPS) is 11.4. The molecule has 0 spiro atoms. The summed E-state index contributed by atoms with van der Waals surface area (Å²) in [6, 6.07) is 11.8. The second kappa shape index (κ2) is 7.37. The van der Waals surface area contributed by atoms with Gasteiger partial charge in [0.2, 0.25) is 0 Å². The number of nitriles is 1. The number of hydrogen-bond acceptors (Lipinski definition) is 5. The fourth-order valence-electron chi connectivity index (χ4n) is 2.19. The van der Waals surface area contributed by atoms with Gasteiger partial charge in [0, 0.05) is 11.3 Å². The zero-order valence-corrected chi connectivity index (χ0v) is 12.4. The second-order valence-corrected chi connectivity index (χ2v) is 4.92. The van der Waals surface area contributed by atoms with E-state index in [0.717, 1.165) is 0 Å². The van der Waals surface area contributed by atoms with Gasteiger partial charge < -0.3 is 20.6 Å². The summed E-state index contributed by atoms with van der Waals surface area (Å²) in [5, 5.41) is 39.4. The molecule has 0 heterocycles. The summed E-state index contributed by atoms with van der Waals surface area (Å²) in [4.78, 5) is 23.4. The summed E-state index contributed by atoms with van der Waals surface area (Å²) >= 11 is 0. The molecule has 0 saturated heterocycles. The first kappa shape index (κ1) is 17.1. The van der Waals surface area contributed by atoms with Crippen molar-refractivity contribution in [3.05, 3.63) is 64.7 Å². The molecule has 7 heteroatoms. The van der Waals surface area contributed by atoms with Crippen LogP contribution in [-0.2, 0) is 0 Å². The Morgan fingerprint density at radius 1 is 1.17 bits per heavy atom. The lowest BCUT2D eigenvalue weighted by atomic mass is 10.0. The average Bonchev–Trinajstić information content (AvgIpc) is 2.60. The van der Waals surface area contributed by atoms with E-state index in [1.54, 1.807) is 6.07 Å². The van der Waals surface area contributed by atoms with Gasteiger partial charge in [0.1, 0.15) is 6.10 Å². The van der Waals surface area contributed by atoms with Gasteiger partial charge in [-0.1, -0.05) is 18.2 Å². The van der Waals surface area contributed by atoms with Gasteiger partial charge in [-0.2, -0.15) is 5.26 Å². The van der Waals surface area contributed by atoms with Gasteiger partial charge in [-0.05, 0) is 24.3 Å². The molecule has 2 aromatic rings. The minimum atomic E-state index is -1.22. The van der Waals surface area contributed by atoms with Gasteiger partial charge in [0.25, 0.3) is 5.91 Å². The maximum absolute atomic E-state index is 12.3. The Morgan fingerprint density at radius 2 is 1.83 bits per heavy atom. The Labute approximate surface area is 137 Å². The Bertz CT molecular complexity index is 826. The van der Waals surface area contributed by atoms with Crippen LogP contribution in [0.5, 0.6) is 0 Å². The van der Waals surface area contributed by atoms with Gasteiger partial charge in [-0.3, -0.25) is 4.79 Å². The molecule has 0 aliphatic rings. The lowest BCUT2D eigenvalue weighted by Crippen LogP contribution is -2.16. The van der Waals surface area contributed by atoms with Crippen molar-refractivity contribution >= 4 is 17.6 Å². The molecule has 0 aliphatic heterocycles. The number of benzene rings is 2. The van der Waals surface area contributed by atoms with Crippen molar-refractivity contribution in [3.63, 3.8) is 0 Å². The van der Waals surface area contributed by atoms with Crippen LogP contribution in [0, 0.1) is 11.3 Å². The number of nitrogens with one attached hydrogen (secondary N) is 1. The second-order valence-electron chi connectivity index (χ2n) is 4.92. The van der Waals surface area contributed by atoms with Crippen LogP contribution in [-0.4, -0.2) is 33.8 Å². The number of anilines is 1. The third-order valence-corrected chi connectivity index (χ3v) is 3.37. The lowest BCUT2D eigenvalue weighted by Gasteiger charge is -2.12. The van der Waals surface area contributed by atoms with Crippen molar-refractivity contribution in [1.29, 1.82) is 5.26 Å². The molecule has 1 amide bonds. The molecule has 0 saturated carbocycles. The van der Waals surface area contributed by atoms with Crippen LogP contribution in [0.1, 0.15) is 37.9 Å². The Hall–Kier alpha value is -3.21. The summed E-state index contributed by atoms with van der Waals surface area (Å²) in [5.74, 6) is -1.85. The number of aliphatic hydroxyl groups excluding tert-OH is 2. The highest BCUT2D eigenvalue weighted by molar-refractivity contribution is 6.10. The number of carbonyl (C=O) groups is 2. The number of carbonyl (C=O) groups excluding carboxylic acids is 1. The van der Waals surface area contributed by atoms with Crippen molar-refractivity contribution in [1.82, 2.24) is 0 Å². The molecule has 1 atom stereocenters. The molecular formula is C17H14N2O5. The number of aromatic carboxylic acids is 1. The zero-order chi connectivity index (χ0) is 17.7. The van der Waals surface area contributed by atoms with Crippen LogP contribution < -0.4 is 5.32 Å². The van der Waals surface area contributed by atoms with E-state index >= 15 is 0 Å². The van der Waals surface area contributed by atoms with Crippen molar-refractivity contribution < 1.29 is 24.9 Å². The molecule has 1 unspecified atom stereocenters. The fraction of sp³-hybridized carbons (Fsp3) is 0.118. The third kappa shape index (κ3) is 3.57. The molecule has 7 nitrogen and oxygen atoms in total. The van der Waals surface area contributed by atoms with Crippen LogP contribution in [0.2, 0.25) is 0 Å². The first-order valence-electron chi connectivity index (χ1n) is 6.94. The number of hydrogen-bond donors (Lipinski definition) is 4. The summed E-state index contributed by atoms with van der Waals surface area (Å²) in [6.45, 7) is -0.535. The van der Waals surface area contributed by atoms with E-state index in [9.17, 15) is 14.7 Å². The van der Waals surface area contributed by atoms with Gasteiger partial charge in [0.05, 0.1) is 29.4 Å². The number of carboxylic acid groups (broad SMARTS) is 1. The molecule has 24 heavy (non-hydrogen) atoms. The largest absolute Gasteiger partial charge is 0.478 e. The van der Waals surface area contributed by atoms with Crippen molar-refractivity contribution in [2.45, 2.75) is 6.10 Å². The number of carboxylic acids is 1. The topological polar surface area (TPSA) is 131 Å². The SMILES string of the molecule is N#Cc1cc(NC(=O)c2ccccc2C(=O)O)ccc1C(O)CO. The minimum absolute atomic E-state index is 0.0111. The van der Waals surface area contributed by atoms with E-state index < -0.39 is 24.6 Å².